The molecule has 0 unspecified atom stereocenters. The quantitative estimate of drug-likeness (QED) is 0.300. The number of hydrogen-bond donors (Lipinski definition) is 2. The Labute approximate surface area is 232 Å². The van der Waals surface area contributed by atoms with Gasteiger partial charge in [0.1, 0.15) is 11.3 Å². The molecule has 206 valence electrons. The molecule has 0 amide bonds. The lowest BCUT2D eigenvalue weighted by Gasteiger charge is -2.34. The summed E-state index contributed by atoms with van der Waals surface area (Å²) in [5.41, 5.74) is 3.51. The van der Waals surface area contributed by atoms with Crippen molar-refractivity contribution < 1.29 is 24.2 Å². The third-order valence-electron chi connectivity index (χ3n) is 8.19. The number of aromatic carboxylic acids is 2. The monoisotopic (exact) mass is 541 g/mol. The Balaban J connectivity index is 1.62. The number of hydrogen-bond acceptors (Lipinski definition) is 6. The molecular weight excluding hydrogens is 508 g/mol. The van der Waals surface area contributed by atoms with Crippen molar-refractivity contribution in [3.05, 3.63) is 71.1 Å². The van der Waals surface area contributed by atoms with E-state index in [4.69, 9.17) is 4.42 Å². The maximum Gasteiger partial charge on any atom is 0.336 e. The van der Waals surface area contributed by atoms with Gasteiger partial charge in [0, 0.05) is 60.5 Å². The molecule has 2 aromatic carbocycles. The van der Waals surface area contributed by atoms with Crippen molar-refractivity contribution in [2.75, 3.05) is 71.4 Å². The fourth-order valence-electron chi connectivity index (χ4n) is 5.75. The first-order valence-electron chi connectivity index (χ1n) is 13.6. The number of carboxylic acid groups (broad SMARTS) is 2. The molecule has 0 spiro atoms. The predicted octanol–water partition coefficient (Wildman–Crippen LogP) is 3.07. The van der Waals surface area contributed by atoms with E-state index in [-0.39, 0.29) is 11.1 Å². The van der Waals surface area contributed by atoms with Crippen LogP contribution in [0.5, 0.6) is 0 Å². The van der Waals surface area contributed by atoms with Crippen molar-refractivity contribution in [3.8, 4) is 22.5 Å². The maximum absolute atomic E-state index is 12.3. The van der Waals surface area contributed by atoms with E-state index in [2.05, 4.69) is 33.4 Å². The van der Waals surface area contributed by atoms with E-state index in [0.717, 1.165) is 74.4 Å². The number of anilines is 1. The molecule has 0 atom stereocenters. The van der Waals surface area contributed by atoms with Crippen molar-refractivity contribution in [2.45, 2.75) is 0 Å². The molecule has 2 fully saturated rings. The van der Waals surface area contributed by atoms with Crippen LogP contribution >= 0.6 is 0 Å². The summed E-state index contributed by atoms with van der Waals surface area (Å²) in [5.74, 6) is -1.59. The van der Waals surface area contributed by atoms with Crippen LogP contribution in [0, 0.1) is 0 Å². The summed E-state index contributed by atoms with van der Waals surface area (Å²) < 4.78 is 8.88. The zero-order chi connectivity index (χ0) is 28.0. The van der Waals surface area contributed by atoms with Gasteiger partial charge >= 0.3 is 11.9 Å². The summed E-state index contributed by atoms with van der Waals surface area (Å²) in [4.78, 5) is 31.2. The van der Waals surface area contributed by atoms with Gasteiger partial charge in [0.2, 0.25) is 5.36 Å². The molecule has 4 aliphatic rings. The van der Waals surface area contributed by atoms with Crippen LogP contribution in [0.15, 0.2) is 59.0 Å². The third-order valence-corrected chi connectivity index (χ3v) is 8.19. The zero-order valence-electron chi connectivity index (χ0n) is 22.8. The molecule has 40 heavy (non-hydrogen) atoms. The molecule has 2 N–H and O–H groups in total. The Kier molecular flexibility index (Phi) is 6.77. The summed E-state index contributed by atoms with van der Waals surface area (Å²) >= 11 is 0. The Morgan fingerprint density at radius 1 is 0.775 bits per heavy atom. The molecule has 9 nitrogen and oxygen atoms in total. The van der Waals surface area contributed by atoms with Crippen LogP contribution in [0.3, 0.4) is 0 Å². The van der Waals surface area contributed by atoms with E-state index in [1.54, 1.807) is 0 Å². The van der Waals surface area contributed by atoms with E-state index in [9.17, 15) is 19.8 Å². The highest BCUT2D eigenvalue weighted by atomic mass is 16.4. The van der Waals surface area contributed by atoms with Crippen molar-refractivity contribution in [1.82, 2.24) is 14.4 Å². The summed E-state index contributed by atoms with van der Waals surface area (Å²) in [6.07, 6.45) is 0. The summed E-state index contributed by atoms with van der Waals surface area (Å²) in [7, 11) is 4.24. The van der Waals surface area contributed by atoms with Crippen LogP contribution in [0.1, 0.15) is 20.7 Å². The molecule has 6 rings (SSSR count). The van der Waals surface area contributed by atoms with E-state index in [1.165, 1.54) is 18.2 Å². The topological polar surface area (TPSA) is 100 Å². The van der Waals surface area contributed by atoms with Gasteiger partial charge in [0.15, 0.2) is 13.1 Å². The summed E-state index contributed by atoms with van der Waals surface area (Å²) in [6.45, 7) is 7.49. The number of benzene rings is 3. The lowest BCUT2D eigenvalue weighted by Crippen LogP contribution is -2.46. The first kappa shape index (κ1) is 26.0. The first-order chi connectivity index (χ1) is 19.3. The van der Waals surface area contributed by atoms with Crippen LogP contribution in [0.25, 0.3) is 33.4 Å². The van der Waals surface area contributed by atoms with Gasteiger partial charge in [0.25, 0.3) is 0 Å². The van der Waals surface area contributed by atoms with Crippen LogP contribution in [-0.4, -0.2) is 98.4 Å². The molecule has 3 heterocycles. The number of carboxylic acids is 2. The largest absolute Gasteiger partial charge is 0.478 e. The maximum atomic E-state index is 12.3. The second-order valence-corrected chi connectivity index (χ2v) is 10.8. The number of likely N-dealkylation sites (N-methyl/N-ethyl adjacent to an activating group) is 2. The van der Waals surface area contributed by atoms with Crippen molar-refractivity contribution in [1.29, 1.82) is 0 Å². The molecule has 0 bridgehead atoms. The van der Waals surface area contributed by atoms with Gasteiger partial charge in [-0.2, -0.15) is 0 Å². The molecule has 9 heteroatoms. The Hall–Kier alpha value is -4.21. The minimum atomic E-state index is -1.11. The number of piperazine rings is 2. The average molecular weight is 542 g/mol. The Bertz CT molecular complexity index is 1660. The molecule has 2 aromatic rings. The van der Waals surface area contributed by atoms with Crippen LogP contribution in [0.4, 0.5) is 5.69 Å². The van der Waals surface area contributed by atoms with Gasteiger partial charge in [-0.05, 0) is 56.1 Å². The molecule has 0 radical (unpaired) electrons. The highest BCUT2D eigenvalue weighted by Crippen LogP contribution is 2.42. The smallest absolute Gasteiger partial charge is 0.336 e. The number of fused-ring (bicyclic) bond motifs is 2. The normalized spacial score (nSPS) is 17.1. The predicted molar refractivity (Wildman–Crippen MR) is 154 cm³/mol. The zero-order valence-corrected chi connectivity index (χ0v) is 22.8. The van der Waals surface area contributed by atoms with Crippen LogP contribution in [-0.2, 0) is 0 Å². The van der Waals surface area contributed by atoms with Crippen LogP contribution < -0.4 is 14.8 Å². The molecule has 0 aromatic heterocycles. The van der Waals surface area contributed by atoms with Crippen LogP contribution in [0.2, 0.25) is 0 Å². The van der Waals surface area contributed by atoms with Gasteiger partial charge in [-0.3, -0.25) is 4.90 Å². The molecule has 1 aliphatic carbocycles. The first-order valence-corrected chi connectivity index (χ1v) is 13.6. The van der Waals surface area contributed by atoms with E-state index < -0.39 is 11.9 Å². The number of nitrogens with zero attached hydrogens (tertiary/aromatic N) is 4. The minimum absolute atomic E-state index is 0.0326. The Morgan fingerprint density at radius 2 is 1.50 bits per heavy atom. The molecule has 2 saturated heterocycles. The van der Waals surface area contributed by atoms with Gasteiger partial charge < -0.3 is 24.4 Å². The van der Waals surface area contributed by atoms with Crippen molar-refractivity contribution >= 4 is 28.6 Å². The lowest BCUT2D eigenvalue weighted by molar-refractivity contribution is 0.0682. The molecule has 3 aliphatic heterocycles. The summed E-state index contributed by atoms with van der Waals surface area (Å²) in [5, 5.41) is 21.6. The average Bonchev–Trinajstić information content (AvgIpc) is 2.95. The highest BCUT2D eigenvalue weighted by Gasteiger charge is 2.25. The van der Waals surface area contributed by atoms with E-state index in [0.29, 0.717) is 22.5 Å². The highest BCUT2D eigenvalue weighted by molar-refractivity contribution is 6.09. The lowest BCUT2D eigenvalue weighted by atomic mass is 9.89. The minimum Gasteiger partial charge on any atom is -0.478 e. The van der Waals surface area contributed by atoms with Gasteiger partial charge in [-0.1, -0.05) is 0 Å². The number of rotatable bonds is 4. The van der Waals surface area contributed by atoms with Crippen molar-refractivity contribution in [3.63, 3.8) is 0 Å². The van der Waals surface area contributed by atoms with Gasteiger partial charge in [0.05, 0.1) is 30.3 Å². The number of carbonyl (C=O) groups is 2. The van der Waals surface area contributed by atoms with E-state index in [1.807, 2.05) is 36.4 Å². The van der Waals surface area contributed by atoms with Gasteiger partial charge in [-0.15, -0.1) is 0 Å². The standard InChI is InChI=1S/C31H32N4O5/c1-32-9-13-34(14-10-32)21-4-7-24-27(18-21)40-28-19-22(35-15-11-33(2)12-16-35)5-8-25(28)29(24)26-17-20(30(36)37)3-6-23(26)31(38)39/h3-8,17-19H,9-16H2,1-2H3,(H-,36,37,38,39)/p+1. The molecule has 0 saturated carbocycles. The Morgan fingerprint density at radius 3 is 2.20 bits per heavy atom. The second kappa shape index (κ2) is 10.4. The van der Waals surface area contributed by atoms with E-state index >= 15 is 0 Å². The SMILES string of the molecule is CN1CCN(c2ccc3c(-c4cc(C(=O)O)ccc4C(=O)O)c4ccc(=[N+]5CCN(C)CC5)cc-4oc3c2)CC1. The molecular formula is C31H33N4O5+. The summed E-state index contributed by atoms with van der Waals surface area (Å²) in [6, 6.07) is 16.2. The second-order valence-electron chi connectivity index (χ2n) is 10.8. The fraction of sp³-hybridized carbons (Fsp3) is 0.323. The fourth-order valence-corrected chi connectivity index (χ4v) is 5.75. The third kappa shape index (κ3) is 4.82. The van der Waals surface area contributed by atoms with Gasteiger partial charge in [-0.25, -0.2) is 14.2 Å². The van der Waals surface area contributed by atoms with Crippen molar-refractivity contribution in [2.24, 2.45) is 0 Å².